The first-order valence-electron chi connectivity index (χ1n) is 9.05. The number of anilines is 2. The molecule has 2 amide bonds. The number of hydrogen-bond donors (Lipinski definition) is 2. The van der Waals surface area contributed by atoms with Crippen molar-refractivity contribution in [2.24, 2.45) is 0 Å². The van der Waals surface area contributed by atoms with Gasteiger partial charge in [-0.05, 0) is 49.7 Å². The zero-order valence-corrected chi connectivity index (χ0v) is 16.0. The number of aromatic nitrogens is 1. The lowest BCUT2D eigenvalue weighted by atomic mass is 10.1. The smallest absolute Gasteiger partial charge is 0.274 e. The molecule has 7 nitrogen and oxygen atoms in total. The Balaban J connectivity index is 1.49. The second-order valence-electron chi connectivity index (χ2n) is 6.72. The molecule has 0 bridgehead atoms. The first-order chi connectivity index (χ1) is 14.0. The van der Waals surface area contributed by atoms with E-state index in [9.17, 15) is 9.59 Å². The molecule has 0 unspecified atom stereocenters. The Morgan fingerprint density at radius 3 is 2.55 bits per heavy atom. The number of rotatable bonds is 4. The van der Waals surface area contributed by atoms with Crippen LogP contribution in [0.25, 0.3) is 0 Å². The van der Waals surface area contributed by atoms with Gasteiger partial charge in [0.05, 0.1) is 0 Å². The maximum atomic E-state index is 12.6. The van der Waals surface area contributed by atoms with E-state index in [2.05, 4.69) is 15.6 Å². The van der Waals surface area contributed by atoms with Crippen LogP contribution in [0.3, 0.4) is 0 Å². The number of amides is 2. The molecule has 0 atom stereocenters. The minimum absolute atomic E-state index is 0.156. The monoisotopic (exact) mass is 389 g/mol. The van der Waals surface area contributed by atoms with Gasteiger partial charge in [0.1, 0.15) is 5.69 Å². The summed E-state index contributed by atoms with van der Waals surface area (Å²) in [5.74, 6) is 0.477. The quantitative estimate of drug-likeness (QED) is 0.706. The van der Waals surface area contributed by atoms with Crippen molar-refractivity contribution < 1.29 is 19.1 Å². The summed E-state index contributed by atoms with van der Waals surface area (Å²) in [5, 5.41) is 5.62. The van der Waals surface area contributed by atoms with Gasteiger partial charge in [-0.3, -0.25) is 14.6 Å². The number of hydrogen-bond acceptors (Lipinski definition) is 5. The van der Waals surface area contributed by atoms with Crippen LogP contribution in [0, 0.1) is 13.8 Å². The minimum atomic E-state index is -0.380. The highest BCUT2D eigenvalue weighted by Crippen LogP contribution is 2.34. The molecular formula is C22H19N3O4. The van der Waals surface area contributed by atoms with Crippen LogP contribution < -0.4 is 20.1 Å². The summed E-state index contributed by atoms with van der Waals surface area (Å²) < 4.78 is 10.6. The lowest BCUT2D eigenvalue weighted by Gasteiger charge is -2.10. The van der Waals surface area contributed by atoms with Crippen LogP contribution in [0.5, 0.6) is 11.5 Å². The van der Waals surface area contributed by atoms with E-state index in [-0.39, 0.29) is 24.3 Å². The molecule has 29 heavy (non-hydrogen) atoms. The van der Waals surface area contributed by atoms with Crippen LogP contribution in [-0.2, 0) is 0 Å². The van der Waals surface area contributed by atoms with E-state index in [4.69, 9.17) is 9.47 Å². The Kier molecular flexibility index (Phi) is 4.87. The van der Waals surface area contributed by atoms with Crippen LogP contribution in [-0.4, -0.2) is 23.6 Å². The van der Waals surface area contributed by atoms with Crippen LogP contribution in [0.4, 0.5) is 11.4 Å². The maximum Gasteiger partial charge on any atom is 0.274 e. The fourth-order valence-corrected chi connectivity index (χ4v) is 3.01. The summed E-state index contributed by atoms with van der Waals surface area (Å²) in [7, 11) is 0. The topological polar surface area (TPSA) is 89.6 Å². The van der Waals surface area contributed by atoms with Crippen LogP contribution >= 0.6 is 0 Å². The molecule has 3 aromatic rings. The molecule has 0 fully saturated rings. The van der Waals surface area contributed by atoms with Crippen LogP contribution in [0.1, 0.15) is 32.0 Å². The second-order valence-corrected chi connectivity index (χ2v) is 6.72. The summed E-state index contributed by atoms with van der Waals surface area (Å²) in [6.07, 6.45) is 1.44. The summed E-state index contributed by atoms with van der Waals surface area (Å²) >= 11 is 0. The van der Waals surface area contributed by atoms with Crippen molar-refractivity contribution in [3.8, 4) is 11.5 Å². The average Bonchev–Trinajstić information content (AvgIpc) is 3.18. The zero-order chi connectivity index (χ0) is 20.4. The molecule has 1 aliphatic rings. The van der Waals surface area contributed by atoms with E-state index >= 15 is 0 Å². The fourth-order valence-electron chi connectivity index (χ4n) is 3.01. The van der Waals surface area contributed by atoms with Gasteiger partial charge in [-0.2, -0.15) is 0 Å². The van der Waals surface area contributed by atoms with E-state index in [1.165, 1.54) is 12.3 Å². The lowest BCUT2D eigenvalue weighted by Crippen LogP contribution is -2.17. The molecule has 146 valence electrons. The predicted molar refractivity (Wildman–Crippen MR) is 109 cm³/mol. The normalized spacial score (nSPS) is 11.8. The first-order valence-corrected chi connectivity index (χ1v) is 9.05. The van der Waals surface area contributed by atoms with Gasteiger partial charge in [0.15, 0.2) is 11.5 Å². The van der Waals surface area contributed by atoms with Gasteiger partial charge in [-0.1, -0.05) is 17.7 Å². The minimum Gasteiger partial charge on any atom is -0.454 e. The Morgan fingerprint density at radius 1 is 0.897 bits per heavy atom. The largest absolute Gasteiger partial charge is 0.454 e. The summed E-state index contributed by atoms with van der Waals surface area (Å²) in [6.45, 7) is 4.07. The van der Waals surface area contributed by atoms with Gasteiger partial charge < -0.3 is 20.1 Å². The fraction of sp³-hybridized carbons (Fsp3) is 0.136. The van der Waals surface area contributed by atoms with Crippen molar-refractivity contribution in [2.45, 2.75) is 13.8 Å². The highest BCUT2D eigenvalue weighted by atomic mass is 16.7. The molecule has 1 aliphatic heterocycles. The van der Waals surface area contributed by atoms with E-state index in [1.54, 1.807) is 24.3 Å². The Hall–Kier alpha value is -3.87. The van der Waals surface area contributed by atoms with Crippen molar-refractivity contribution in [2.75, 3.05) is 17.4 Å². The third kappa shape index (κ3) is 4.03. The molecule has 4 rings (SSSR count). The number of pyridine rings is 1. The Labute approximate surface area is 167 Å². The number of benzene rings is 2. The van der Waals surface area contributed by atoms with Crippen molar-refractivity contribution in [3.63, 3.8) is 0 Å². The summed E-state index contributed by atoms with van der Waals surface area (Å²) in [6, 6.07) is 13.9. The van der Waals surface area contributed by atoms with Gasteiger partial charge in [0.25, 0.3) is 11.8 Å². The average molecular weight is 389 g/mol. The number of ether oxygens (including phenoxy) is 2. The highest BCUT2D eigenvalue weighted by Gasteiger charge is 2.16. The van der Waals surface area contributed by atoms with Crippen molar-refractivity contribution in [3.05, 3.63) is 77.1 Å². The second kappa shape index (κ2) is 7.63. The SMILES string of the molecule is Cc1ccc(NC(=O)c2cc(C(=O)Nc3ccc4c(c3)OCO4)ccn2)c(C)c1. The molecule has 0 saturated heterocycles. The molecule has 2 heterocycles. The van der Waals surface area contributed by atoms with E-state index in [0.29, 0.717) is 28.4 Å². The lowest BCUT2D eigenvalue weighted by molar-refractivity contribution is 0.102. The van der Waals surface area contributed by atoms with Gasteiger partial charge >= 0.3 is 0 Å². The number of nitrogens with zero attached hydrogens (tertiary/aromatic N) is 1. The van der Waals surface area contributed by atoms with Crippen LogP contribution in [0.15, 0.2) is 54.7 Å². The molecule has 0 aliphatic carbocycles. The van der Waals surface area contributed by atoms with Gasteiger partial charge in [-0.25, -0.2) is 0 Å². The number of aryl methyl sites for hydroxylation is 2. The molecule has 2 N–H and O–H groups in total. The molecular weight excluding hydrogens is 370 g/mol. The van der Waals surface area contributed by atoms with E-state index in [1.807, 2.05) is 32.0 Å². The van der Waals surface area contributed by atoms with Gasteiger partial charge in [-0.15, -0.1) is 0 Å². The van der Waals surface area contributed by atoms with E-state index < -0.39 is 0 Å². The first kappa shape index (κ1) is 18.5. The number of carbonyl (C=O) groups is 2. The molecule has 0 saturated carbocycles. The Morgan fingerprint density at radius 2 is 1.72 bits per heavy atom. The van der Waals surface area contributed by atoms with Gasteiger partial charge in [0.2, 0.25) is 6.79 Å². The molecule has 1 aromatic heterocycles. The number of fused-ring (bicyclic) bond motifs is 1. The van der Waals surface area contributed by atoms with Crippen molar-refractivity contribution in [1.82, 2.24) is 4.98 Å². The standard InChI is InChI=1S/C22H19N3O4/c1-13-3-5-17(14(2)9-13)25-22(27)18-10-15(7-8-23-18)21(26)24-16-4-6-19-20(11-16)29-12-28-19/h3-11H,12H2,1-2H3,(H,24,26)(H,25,27). The number of nitrogens with one attached hydrogen (secondary N) is 2. The molecule has 0 spiro atoms. The number of carbonyl (C=O) groups excluding carboxylic acids is 2. The predicted octanol–water partition coefficient (Wildman–Crippen LogP) is 3.93. The highest BCUT2D eigenvalue weighted by molar-refractivity contribution is 6.08. The van der Waals surface area contributed by atoms with E-state index in [0.717, 1.165) is 11.1 Å². The summed E-state index contributed by atoms with van der Waals surface area (Å²) in [4.78, 5) is 29.3. The van der Waals surface area contributed by atoms with Crippen molar-refractivity contribution in [1.29, 1.82) is 0 Å². The van der Waals surface area contributed by atoms with Gasteiger partial charge in [0, 0.05) is 29.2 Å². The molecule has 0 radical (unpaired) electrons. The molecule has 7 heteroatoms. The zero-order valence-electron chi connectivity index (χ0n) is 16.0. The summed E-state index contributed by atoms with van der Waals surface area (Å²) in [5.41, 5.74) is 3.82. The Bertz CT molecular complexity index is 1110. The maximum absolute atomic E-state index is 12.6. The van der Waals surface area contributed by atoms with Crippen LogP contribution in [0.2, 0.25) is 0 Å². The third-order valence-corrected chi connectivity index (χ3v) is 4.52. The molecule has 2 aromatic carbocycles. The third-order valence-electron chi connectivity index (χ3n) is 4.52. The van der Waals surface area contributed by atoms with Crippen molar-refractivity contribution >= 4 is 23.2 Å².